The van der Waals surface area contributed by atoms with Crippen LogP contribution in [-0.4, -0.2) is 167 Å². The van der Waals surface area contributed by atoms with Gasteiger partial charge in [-0.05, 0) is 252 Å². The van der Waals surface area contributed by atoms with Crippen LogP contribution in [0.2, 0.25) is 0 Å². The molecule has 12 heterocycles. The molecule has 4 N–H and O–H groups in total. The van der Waals surface area contributed by atoms with Crippen LogP contribution < -0.4 is 0 Å². The molecule has 6 unspecified atom stereocenters. The summed E-state index contributed by atoms with van der Waals surface area (Å²) < 4.78 is 121. The van der Waals surface area contributed by atoms with E-state index in [2.05, 4.69) is 181 Å². The van der Waals surface area contributed by atoms with E-state index in [0.717, 1.165) is 164 Å². The number of fused-ring (bicyclic) bond motifs is 4. The highest BCUT2D eigenvalue weighted by Crippen LogP contribution is 2.38. The molecule has 25 nitrogen and oxygen atoms in total. The quantitative estimate of drug-likeness (QED) is 0.0552. The minimum Gasteiger partial charge on any atom is -0.347 e. The Hall–Kier alpha value is -11.3. The molecule has 15 aromatic rings. The van der Waals surface area contributed by atoms with Gasteiger partial charge in [-0.25, -0.2) is 38.0 Å². The average molecular weight is 1760 g/mol. The lowest BCUT2D eigenvalue weighted by Crippen LogP contribution is -2.40. The number of aromatic nitrogens is 12. The van der Waals surface area contributed by atoms with Gasteiger partial charge in [0, 0.05) is 193 Å². The standard InChI is InChI=1S/C24H23N5O2S.C24H26N4O2S.C24H32N4O2S.C24H26N4O2S/c1-17-9-19(16-29(17)32(30,31)23-4-2-3-18(10-23)12-25)15-28-8-7-21-11-20(5-6-24(21)28)22-13-26-27-14-22;1-17-4-3-5-23(10-17)31(29,30)28-16-19(11-18(28)2)15-27-9-8-21-12-20(6-7-24(21)27)22-13-25-26-14-22;2*29-31(30,23-6-2-1-3-7-23)28-12-4-5-19(10-14-28)18-27-13-11-21-15-20(8-9-24(21)27)22-16-25-26-17-22/h2-8,10-11,13-14,17,19H,9,15-16H2,1H3,(H,26,27);3-10,12-14,18-19H,11,15-16H2,1-2H3,(H,25,26);8-9,11,13,15-17,19,23H,1-7,10,12,14,18H2,(H,25,26);1-3,6-9,11,13,15-17,19H,4-5,10,12,14,18H2,(H,25,26). The Bertz CT molecular complexity index is 6730. The number of H-pyrrole nitrogens is 4. The zero-order chi connectivity index (χ0) is 86.4. The van der Waals surface area contributed by atoms with E-state index in [-0.39, 0.29) is 34.1 Å². The van der Waals surface area contributed by atoms with Crippen molar-refractivity contribution >= 4 is 83.7 Å². The maximum absolute atomic E-state index is 13.2. The number of nitrogens with one attached hydrogen (secondary N) is 4. The summed E-state index contributed by atoms with van der Waals surface area (Å²) in [5, 5.41) is 41.3. The molecule has 648 valence electrons. The highest BCUT2D eigenvalue weighted by molar-refractivity contribution is 7.90. The molecule has 125 heavy (non-hydrogen) atoms. The van der Waals surface area contributed by atoms with E-state index in [1.54, 1.807) is 73.7 Å². The van der Waals surface area contributed by atoms with Gasteiger partial charge in [-0.2, -0.15) is 38.6 Å². The van der Waals surface area contributed by atoms with Crippen molar-refractivity contribution in [2.75, 3.05) is 39.3 Å². The van der Waals surface area contributed by atoms with Crippen LogP contribution >= 0.6 is 0 Å². The van der Waals surface area contributed by atoms with E-state index in [9.17, 15) is 33.7 Å². The number of nitriles is 1. The topological polar surface area (TPSA) is 308 Å². The third kappa shape index (κ3) is 19.1. The van der Waals surface area contributed by atoms with Crippen molar-refractivity contribution in [1.82, 2.24) is 76.3 Å². The van der Waals surface area contributed by atoms with Crippen molar-refractivity contribution in [3.05, 3.63) is 261 Å². The van der Waals surface area contributed by atoms with Crippen LogP contribution in [0.1, 0.15) is 108 Å². The number of hydrogen-bond acceptors (Lipinski definition) is 13. The molecule has 0 amide bonds. The Morgan fingerprint density at radius 2 is 0.752 bits per heavy atom. The monoisotopic (exact) mass is 1750 g/mol. The van der Waals surface area contributed by atoms with Crippen LogP contribution in [0.3, 0.4) is 0 Å². The lowest BCUT2D eigenvalue weighted by Gasteiger charge is -2.28. The SMILES string of the molecule is CC1CC(Cn2ccc3cc(-c4cn[nH]c4)ccc32)CN1S(=O)(=O)c1cccc(C#N)c1.Cc1cccc(S(=O)(=O)N2CC(Cn3ccc4cc(-c5cn[nH]c5)ccc43)CC2C)c1.O=S(=O)(C1CCCCC1)N1CCCC(Cn2ccc3cc(-c4cn[nH]c4)ccc32)CC1.O=S(=O)(c1ccccc1)N1CCCC(Cn2ccc3cc(-c4cn[nH]c4)ccc32)CC1. The predicted molar refractivity (Wildman–Crippen MR) is 491 cm³/mol. The van der Waals surface area contributed by atoms with E-state index in [0.29, 0.717) is 66.5 Å². The molecule has 4 saturated heterocycles. The molecule has 29 heteroatoms. The van der Waals surface area contributed by atoms with Crippen molar-refractivity contribution in [3.63, 3.8) is 0 Å². The van der Waals surface area contributed by atoms with Gasteiger partial charge < -0.3 is 18.3 Å². The summed E-state index contributed by atoms with van der Waals surface area (Å²) in [6.07, 6.45) is 35.8. The van der Waals surface area contributed by atoms with Gasteiger partial charge in [0.1, 0.15) is 0 Å². The van der Waals surface area contributed by atoms with Crippen molar-refractivity contribution < 1.29 is 33.7 Å². The first-order valence-electron chi connectivity index (χ1n) is 43.6. The normalized spacial score (nSPS) is 19.9. The molecule has 7 aromatic carbocycles. The van der Waals surface area contributed by atoms with Crippen LogP contribution in [0.4, 0.5) is 0 Å². The molecule has 6 atom stereocenters. The van der Waals surface area contributed by atoms with E-state index in [1.807, 2.05) is 92.7 Å². The second-order valence-electron chi connectivity index (χ2n) is 34.4. The van der Waals surface area contributed by atoms with E-state index in [1.165, 1.54) is 45.2 Å². The summed E-state index contributed by atoms with van der Waals surface area (Å²) in [6.45, 7) is 12.8. The molecule has 5 aliphatic rings. The molecule has 4 aliphatic heterocycles. The lowest BCUT2D eigenvalue weighted by molar-refractivity contribution is 0.376. The van der Waals surface area contributed by atoms with E-state index >= 15 is 0 Å². The van der Waals surface area contributed by atoms with Crippen molar-refractivity contribution in [1.29, 1.82) is 5.26 Å². The Kier molecular flexibility index (Phi) is 25.7. The van der Waals surface area contributed by atoms with E-state index < -0.39 is 40.1 Å². The molecular weight excluding hydrogens is 1650 g/mol. The number of nitrogens with zero attached hydrogens (tertiary/aromatic N) is 13. The second kappa shape index (κ2) is 37.5. The molecule has 1 saturated carbocycles. The fourth-order valence-electron chi connectivity index (χ4n) is 19.3. The first-order valence-corrected chi connectivity index (χ1v) is 49.4. The van der Waals surface area contributed by atoms with Gasteiger partial charge in [0.2, 0.25) is 40.1 Å². The smallest absolute Gasteiger partial charge is 0.243 e. The maximum Gasteiger partial charge on any atom is 0.243 e. The largest absolute Gasteiger partial charge is 0.347 e. The van der Waals surface area contributed by atoms with Gasteiger partial charge in [0.25, 0.3) is 0 Å². The molecule has 20 rings (SSSR count). The summed E-state index contributed by atoms with van der Waals surface area (Å²) >= 11 is 0. The Labute approximate surface area is 731 Å². The van der Waals surface area contributed by atoms with Gasteiger partial charge in [-0.1, -0.05) is 79.9 Å². The summed E-state index contributed by atoms with van der Waals surface area (Å²) in [4.78, 5) is 0.957. The van der Waals surface area contributed by atoms with Crippen LogP contribution in [0.25, 0.3) is 88.1 Å². The van der Waals surface area contributed by atoms with Crippen LogP contribution in [0, 0.1) is 41.9 Å². The third-order valence-electron chi connectivity index (χ3n) is 25.9. The molecule has 8 aromatic heterocycles. The van der Waals surface area contributed by atoms with Crippen molar-refractivity contribution in [3.8, 4) is 50.6 Å². The van der Waals surface area contributed by atoms with Gasteiger partial charge in [-0.15, -0.1) is 0 Å². The number of rotatable bonds is 20. The number of hydrogen-bond donors (Lipinski definition) is 4. The van der Waals surface area contributed by atoms with Crippen molar-refractivity contribution in [2.45, 2.75) is 162 Å². The zero-order valence-corrected chi connectivity index (χ0v) is 74.0. The predicted octanol–water partition coefficient (Wildman–Crippen LogP) is 17.8. The molecule has 5 fully saturated rings. The van der Waals surface area contributed by atoms with Crippen molar-refractivity contribution in [2.24, 2.45) is 23.7 Å². The summed E-state index contributed by atoms with van der Waals surface area (Å²) in [5.41, 5.74) is 14.9. The fraction of sp³-hybridized carbons (Fsp3) is 0.344. The highest BCUT2D eigenvalue weighted by Gasteiger charge is 2.41. The summed E-state index contributed by atoms with van der Waals surface area (Å²) in [6, 6.07) is 58.5. The molecule has 1 aliphatic carbocycles. The molecule has 0 radical (unpaired) electrons. The Morgan fingerprint density at radius 1 is 0.368 bits per heavy atom. The van der Waals surface area contributed by atoms with Gasteiger partial charge in [0.05, 0.1) is 56.4 Å². The lowest BCUT2D eigenvalue weighted by atomic mass is 10.0. The number of aryl methyl sites for hydroxylation is 1. The molecule has 0 bridgehead atoms. The minimum atomic E-state index is -3.64. The number of aromatic amines is 4. The summed E-state index contributed by atoms with van der Waals surface area (Å²) in [7, 11) is -13.7. The van der Waals surface area contributed by atoms with Gasteiger partial charge >= 0.3 is 0 Å². The third-order valence-corrected chi connectivity index (χ3v) is 34.2. The van der Waals surface area contributed by atoms with Gasteiger partial charge in [0.15, 0.2) is 0 Å². The maximum atomic E-state index is 13.2. The molecular formula is C96H107N17O8S4. The van der Waals surface area contributed by atoms with Gasteiger partial charge in [-0.3, -0.25) is 20.4 Å². The molecule has 0 spiro atoms. The first kappa shape index (κ1) is 85.8. The highest BCUT2D eigenvalue weighted by atomic mass is 32.2. The van der Waals surface area contributed by atoms with Crippen LogP contribution in [-0.2, 0) is 66.3 Å². The van der Waals surface area contributed by atoms with E-state index in [4.69, 9.17) is 5.26 Å². The fourth-order valence-corrected chi connectivity index (χ4v) is 26.5. The zero-order valence-electron chi connectivity index (χ0n) is 70.7. The second-order valence-corrected chi connectivity index (χ2v) is 42.4. The first-order chi connectivity index (χ1) is 60.6. The minimum absolute atomic E-state index is 0.00923. The Morgan fingerprint density at radius 3 is 1.15 bits per heavy atom. The Balaban J connectivity index is 0.000000118. The number of benzene rings is 7. The van der Waals surface area contributed by atoms with Crippen LogP contribution in [0.15, 0.2) is 265 Å². The number of sulfonamides is 4. The van der Waals surface area contributed by atoms with Crippen LogP contribution in [0.5, 0.6) is 0 Å². The average Bonchev–Trinajstić information content (AvgIpc) is 1.65. The summed E-state index contributed by atoms with van der Waals surface area (Å²) in [5.74, 6) is 1.46.